The van der Waals surface area contributed by atoms with E-state index < -0.39 is 10.2 Å². The Balaban J connectivity index is 2.35. The van der Waals surface area contributed by atoms with Gasteiger partial charge in [-0.1, -0.05) is 28.1 Å². The summed E-state index contributed by atoms with van der Waals surface area (Å²) >= 11 is 3.40. The highest BCUT2D eigenvalue weighted by Crippen LogP contribution is 2.12. The van der Waals surface area contributed by atoms with Gasteiger partial charge in [0.1, 0.15) is 0 Å². The summed E-state index contributed by atoms with van der Waals surface area (Å²) in [6.45, 7) is 0.451. The minimum absolute atomic E-state index is 0.451. The fourth-order valence-corrected chi connectivity index (χ4v) is 2.42. The first kappa shape index (κ1) is 14.6. The van der Waals surface area contributed by atoms with Crippen molar-refractivity contribution >= 4 is 26.1 Å². The molecule has 6 heteroatoms. The molecular formula is C11H17BrN2O2S. The van der Waals surface area contributed by atoms with Crippen molar-refractivity contribution < 1.29 is 8.42 Å². The van der Waals surface area contributed by atoms with Gasteiger partial charge >= 0.3 is 0 Å². The molecular weight excluding hydrogens is 304 g/mol. The molecule has 1 aromatic carbocycles. The Morgan fingerprint density at radius 1 is 1.35 bits per heavy atom. The molecule has 0 aromatic heterocycles. The molecule has 1 rings (SSSR count). The molecule has 4 nitrogen and oxygen atoms in total. The zero-order valence-electron chi connectivity index (χ0n) is 9.98. The van der Waals surface area contributed by atoms with E-state index in [1.807, 2.05) is 24.3 Å². The van der Waals surface area contributed by atoms with Gasteiger partial charge in [-0.15, -0.1) is 0 Å². The van der Waals surface area contributed by atoms with E-state index in [0.717, 1.165) is 17.3 Å². The highest BCUT2D eigenvalue weighted by atomic mass is 79.9. The van der Waals surface area contributed by atoms with Gasteiger partial charge in [0.2, 0.25) is 0 Å². The zero-order chi connectivity index (χ0) is 12.9. The summed E-state index contributed by atoms with van der Waals surface area (Å²) in [5, 5.41) is 0. The number of hydrogen-bond acceptors (Lipinski definition) is 2. The van der Waals surface area contributed by atoms with Gasteiger partial charge in [-0.25, -0.2) is 4.72 Å². The molecule has 0 saturated carbocycles. The predicted molar refractivity (Wildman–Crippen MR) is 73.1 cm³/mol. The molecule has 17 heavy (non-hydrogen) atoms. The molecule has 0 atom stereocenters. The predicted octanol–water partition coefficient (Wildman–Crippen LogP) is 1.78. The second kappa shape index (κ2) is 6.49. The topological polar surface area (TPSA) is 49.4 Å². The van der Waals surface area contributed by atoms with Crippen LogP contribution in [0, 0.1) is 0 Å². The van der Waals surface area contributed by atoms with E-state index in [1.54, 1.807) is 0 Å². The first-order valence-electron chi connectivity index (χ1n) is 5.33. The van der Waals surface area contributed by atoms with E-state index in [9.17, 15) is 8.42 Å². The van der Waals surface area contributed by atoms with Crippen molar-refractivity contribution in [3.8, 4) is 0 Å². The van der Waals surface area contributed by atoms with Crippen LogP contribution in [0.3, 0.4) is 0 Å². The highest BCUT2D eigenvalue weighted by Gasteiger charge is 2.11. The second-order valence-electron chi connectivity index (χ2n) is 3.92. The van der Waals surface area contributed by atoms with Crippen LogP contribution in [0.1, 0.15) is 12.0 Å². The van der Waals surface area contributed by atoms with E-state index in [0.29, 0.717) is 6.54 Å². The maximum atomic E-state index is 11.4. The van der Waals surface area contributed by atoms with Crippen molar-refractivity contribution in [2.45, 2.75) is 12.8 Å². The maximum Gasteiger partial charge on any atom is 0.278 e. The molecule has 0 heterocycles. The van der Waals surface area contributed by atoms with E-state index in [-0.39, 0.29) is 0 Å². The molecule has 0 aliphatic rings. The van der Waals surface area contributed by atoms with Crippen molar-refractivity contribution in [3.63, 3.8) is 0 Å². The van der Waals surface area contributed by atoms with E-state index in [2.05, 4.69) is 20.7 Å². The molecule has 0 amide bonds. The van der Waals surface area contributed by atoms with Crippen LogP contribution >= 0.6 is 15.9 Å². The Labute approximate surface area is 111 Å². The van der Waals surface area contributed by atoms with Gasteiger partial charge in [0.15, 0.2) is 0 Å². The van der Waals surface area contributed by atoms with Gasteiger partial charge < -0.3 is 0 Å². The zero-order valence-corrected chi connectivity index (χ0v) is 12.4. The van der Waals surface area contributed by atoms with Crippen LogP contribution in [0.25, 0.3) is 0 Å². The van der Waals surface area contributed by atoms with Crippen molar-refractivity contribution in [3.05, 3.63) is 34.3 Å². The van der Waals surface area contributed by atoms with Gasteiger partial charge in [-0.2, -0.15) is 12.7 Å². The number of nitrogens with one attached hydrogen (secondary N) is 1. The summed E-state index contributed by atoms with van der Waals surface area (Å²) in [6, 6.07) is 8.02. The summed E-state index contributed by atoms with van der Waals surface area (Å²) in [4.78, 5) is 0. The number of aryl methyl sites for hydroxylation is 1. The number of halogens is 1. The molecule has 0 saturated heterocycles. The van der Waals surface area contributed by atoms with E-state index in [1.165, 1.54) is 24.0 Å². The van der Waals surface area contributed by atoms with E-state index >= 15 is 0 Å². The SMILES string of the molecule is CN(C)S(=O)(=O)NCCCc1cccc(Br)c1. The third-order valence-electron chi connectivity index (χ3n) is 2.30. The molecule has 0 radical (unpaired) electrons. The Kier molecular flexibility index (Phi) is 5.58. The lowest BCUT2D eigenvalue weighted by atomic mass is 10.1. The van der Waals surface area contributed by atoms with Gasteiger partial charge in [-0.3, -0.25) is 0 Å². The molecule has 0 bridgehead atoms. The Morgan fingerprint density at radius 3 is 2.65 bits per heavy atom. The number of benzene rings is 1. The van der Waals surface area contributed by atoms with Crippen LogP contribution in [0.4, 0.5) is 0 Å². The summed E-state index contributed by atoms with van der Waals surface area (Å²) in [5.74, 6) is 0. The van der Waals surface area contributed by atoms with E-state index in [4.69, 9.17) is 0 Å². The van der Waals surface area contributed by atoms with Gasteiger partial charge in [-0.05, 0) is 30.5 Å². The largest absolute Gasteiger partial charge is 0.278 e. The lowest BCUT2D eigenvalue weighted by molar-refractivity contribution is 0.504. The average Bonchev–Trinajstić information content (AvgIpc) is 2.24. The van der Waals surface area contributed by atoms with Crippen LogP contribution in [0.2, 0.25) is 0 Å². The van der Waals surface area contributed by atoms with Crippen molar-refractivity contribution in [2.75, 3.05) is 20.6 Å². The lowest BCUT2D eigenvalue weighted by Crippen LogP contribution is -2.36. The Hall–Kier alpha value is -0.430. The van der Waals surface area contributed by atoms with Crippen LogP contribution in [-0.4, -0.2) is 33.4 Å². The molecule has 0 aliphatic carbocycles. The fraction of sp³-hybridized carbons (Fsp3) is 0.455. The Morgan fingerprint density at radius 2 is 2.06 bits per heavy atom. The molecule has 0 spiro atoms. The van der Waals surface area contributed by atoms with Crippen LogP contribution in [0.15, 0.2) is 28.7 Å². The van der Waals surface area contributed by atoms with Crippen molar-refractivity contribution in [1.82, 2.24) is 9.03 Å². The molecule has 0 aliphatic heterocycles. The molecule has 0 fully saturated rings. The van der Waals surface area contributed by atoms with Gasteiger partial charge in [0.25, 0.3) is 10.2 Å². The monoisotopic (exact) mass is 320 g/mol. The Bertz CT molecular complexity index is 460. The van der Waals surface area contributed by atoms with Crippen molar-refractivity contribution in [1.29, 1.82) is 0 Å². The lowest BCUT2D eigenvalue weighted by Gasteiger charge is -2.12. The molecule has 0 unspecified atom stereocenters. The number of hydrogen-bond donors (Lipinski definition) is 1. The first-order valence-corrected chi connectivity index (χ1v) is 7.56. The third-order valence-corrected chi connectivity index (χ3v) is 4.32. The summed E-state index contributed by atoms with van der Waals surface area (Å²) in [6.07, 6.45) is 1.64. The second-order valence-corrected chi connectivity index (χ2v) is 6.80. The number of nitrogens with zero attached hydrogens (tertiary/aromatic N) is 1. The summed E-state index contributed by atoms with van der Waals surface area (Å²) in [7, 11) is -0.266. The van der Waals surface area contributed by atoms with Gasteiger partial charge in [0.05, 0.1) is 0 Å². The van der Waals surface area contributed by atoms with Crippen LogP contribution < -0.4 is 4.72 Å². The molecule has 1 aromatic rings. The fourth-order valence-electron chi connectivity index (χ4n) is 1.32. The molecule has 1 N–H and O–H groups in total. The third kappa shape index (κ3) is 5.16. The normalized spacial score (nSPS) is 12.0. The minimum Gasteiger partial charge on any atom is -0.202 e. The molecule has 96 valence electrons. The minimum atomic E-state index is -3.29. The van der Waals surface area contributed by atoms with Crippen molar-refractivity contribution in [2.24, 2.45) is 0 Å². The maximum absolute atomic E-state index is 11.4. The average molecular weight is 321 g/mol. The smallest absolute Gasteiger partial charge is 0.202 e. The summed E-state index contributed by atoms with van der Waals surface area (Å²) < 4.78 is 27.6. The highest BCUT2D eigenvalue weighted by molar-refractivity contribution is 9.10. The van der Waals surface area contributed by atoms with Crippen LogP contribution in [-0.2, 0) is 16.6 Å². The quantitative estimate of drug-likeness (QED) is 0.812. The number of rotatable bonds is 6. The van der Waals surface area contributed by atoms with Gasteiger partial charge in [0, 0.05) is 25.1 Å². The first-order chi connectivity index (χ1) is 7.92. The summed E-state index contributed by atoms with van der Waals surface area (Å²) in [5.41, 5.74) is 1.20. The van der Waals surface area contributed by atoms with Crippen LogP contribution in [0.5, 0.6) is 0 Å². The standard InChI is InChI=1S/C11H17BrN2O2S/c1-14(2)17(15,16)13-8-4-6-10-5-3-7-11(12)9-10/h3,5,7,9,13H,4,6,8H2,1-2H3.